The molecule has 0 aliphatic rings. The standard InChI is InChI=1S/C18H17Cl2NO2/c1-21(12-14-6-7-15(19)11-17(14)20)18(22)10-5-13-3-8-16(23-2)9-4-13/h3-11H,12H2,1-2H3/b10-5+. The Morgan fingerprint density at radius 1 is 1.17 bits per heavy atom. The van der Waals surface area contributed by atoms with Crippen molar-refractivity contribution in [3.8, 4) is 5.75 Å². The van der Waals surface area contributed by atoms with Crippen LogP contribution in [0.3, 0.4) is 0 Å². The maximum absolute atomic E-state index is 12.2. The summed E-state index contributed by atoms with van der Waals surface area (Å²) in [6, 6.07) is 12.7. The van der Waals surface area contributed by atoms with Gasteiger partial charge in [-0.3, -0.25) is 4.79 Å². The van der Waals surface area contributed by atoms with Gasteiger partial charge in [0.05, 0.1) is 7.11 Å². The first-order valence-corrected chi connectivity index (χ1v) is 7.76. The van der Waals surface area contributed by atoms with Crippen LogP contribution in [0.4, 0.5) is 0 Å². The first-order chi connectivity index (χ1) is 11.0. The maximum atomic E-state index is 12.2. The van der Waals surface area contributed by atoms with Crippen LogP contribution in [0.1, 0.15) is 11.1 Å². The van der Waals surface area contributed by atoms with Crippen molar-refractivity contribution in [2.75, 3.05) is 14.2 Å². The summed E-state index contributed by atoms with van der Waals surface area (Å²) in [6.07, 6.45) is 3.30. The summed E-state index contributed by atoms with van der Waals surface area (Å²) in [5.41, 5.74) is 1.78. The summed E-state index contributed by atoms with van der Waals surface area (Å²) in [5.74, 6) is 0.676. The van der Waals surface area contributed by atoms with Crippen LogP contribution in [0.5, 0.6) is 5.75 Å². The van der Waals surface area contributed by atoms with Crippen molar-refractivity contribution in [2.45, 2.75) is 6.54 Å². The van der Waals surface area contributed by atoms with Crippen molar-refractivity contribution in [2.24, 2.45) is 0 Å². The van der Waals surface area contributed by atoms with E-state index in [-0.39, 0.29) is 5.91 Å². The van der Waals surface area contributed by atoms with Crippen molar-refractivity contribution in [3.63, 3.8) is 0 Å². The van der Waals surface area contributed by atoms with E-state index in [2.05, 4.69) is 0 Å². The van der Waals surface area contributed by atoms with Gasteiger partial charge in [0.15, 0.2) is 0 Å². The summed E-state index contributed by atoms with van der Waals surface area (Å²) in [4.78, 5) is 13.8. The highest BCUT2D eigenvalue weighted by molar-refractivity contribution is 6.35. The molecule has 23 heavy (non-hydrogen) atoms. The van der Waals surface area contributed by atoms with Gasteiger partial charge < -0.3 is 9.64 Å². The van der Waals surface area contributed by atoms with E-state index in [0.717, 1.165) is 16.9 Å². The summed E-state index contributed by atoms with van der Waals surface area (Å²) in [5, 5.41) is 1.13. The number of likely N-dealkylation sites (N-methyl/N-ethyl adjacent to an activating group) is 1. The second-order valence-electron chi connectivity index (χ2n) is 5.04. The number of rotatable bonds is 5. The van der Waals surface area contributed by atoms with Crippen molar-refractivity contribution in [1.82, 2.24) is 4.90 Å². The molecule has 5 heteroatoms. The Bertz CT molecular complexity index is 711. The molecule has 0 aliphatic heterocycles. The predicted molar refractivity (Wildman–Crippen MR) is 95.0 cm³/mol. The lowest BCUT2D eigenvalue weighted by atomic mass is 10.2. The highest BCUT2D eigenvalue weighted by atomic mass is 35.5. The zero-order valence-corrected chi connectivity index (χ0v) is 14.4. The number of amides is 1. The van der Waals surface area contributed by atoms with E-state index in [1.165, 1.54) is 6.08 Å². The number of carbonyl (C=O) groups excluding carboxylic acids is 1. The minimum Gasteiger partial charge on any atom is -0.497 e. The molecule has 0 atom stereocenters. The summed E-state index contributed by atoms with van der Waals surface area (Å²) in [6.45, 7) is 0.418. The molecule has 0 spiro atoms. The van der Waals surface area contributed by atoms with Gasteiger partial charge in [-0.15, -0.1) is 0 Å². The van der Waals surface area contributed by atoms with Crippen LogP contribution >= 0.6 is 23.2 Å². The Morgan fingerprint density at radius 3 is 2.48 bits per heavy atom. The predicted octanol–water partition coefficient (Wildman–Crippen LogP) is 4.67. The van der Waals surface area contributed by atoms with Gasteiger partial charge in [0, 0.05) is 29.7 Å². The maximum Gasteiger partial charge on any atom is 0.246 e. The van der Waals surface area contributed by atoms with Crippen molar-refractivity contribution >= 4 is 35.2 Å². The molecule has 0 unspecified atom stereocenters. The first-order valence-electron chi connectivity index (χ1n) is 7.01. The minimum atomic E-state index is -0.105. The number of benzene rings is 2. The van der Waals surface area contributed by atoms with Crippen molar-refractivity contribution in [1.29, 1.82) is 0 Å². The molecule has 1 amide bonds. The van der Waals surface area contributed by atoms with E-state index in [1.54, 1.807) is 37.3 Å². The normalized spacial score (nSPS) is 10.8. The fraction of sp³-hybridized carbons (Fsp3) is 0.167. The van der Waals surface area contributed by atoms with Crippen LogP contribution < -0.4 is 4.74 Å². The lowest BCUT2D eigenvalue weighted by molar-refractivity contribution is -0.125. The van der Waals surface area contributed by atoms with E-state index in [9.17, 15) is 4.79 Å². The van der Waals surface area contributed by atoms with Crippen molar-refractivity contribution in [3.05, 3.63) is 69.7 Å². The number of hydrogen-bond donors (Lipinski definition) is 0. The number of nitrogens with zero attached hydrogens (tertiary/aromatic N) is 1. The largest absolute Gasteiger partial charge is 0.497 e. The average Bonchev–Trinajstić information content (AvgIpc) is 2.55. The number of hydrogen-bond acceptors (Lipinski definition) is 2. The molecule has 2 aromatic rings. The van der Waals surface area contributed by atoms with E-state index < -0.39 is 0 Å². The van der Waals surface area contributed by atoms with Crippen LogP contribution in [0.2, 0.25) is 10.0 Å². The molecule has 0 heterocycles. The number of halogens is 2. The van der Waals surface area contributed by atoms with Gasteiger partial charge in [0.25, 0.3) is 0 Å². The zero-order chi connectivity index (χ0) is 16.8. The van der Waals surface area contributed by atoms with E-state index >= 15 is 0 Å². The Kier molecular flexibility index (Phi) is 6.08. The Hall–Kier alpha value is -1.97. The molecule has 120 valence electrons. The Morgan fingerprint density at radius 2 is 1.87 bits per heavy atom. The van der Waals surface area contributed by atoms with Gasteiger partial charge in [0.1, 0.15) is 5.75 Å². The van der Waals surface area contributed by atoms with Crippen LogP contribution in [0.25, 0.3) is 6.08 Å². The lowest BCUT2D eigenvalue weighted by Crippen LogP contribution is -2.24. The fourth-order valence-electron chi connectivity index (χ4n) is 1.99. The van der Waals surface area contributed by atoms with Gasteiger partial charge in [-0.25, -0.2) is 0 Å². The van der Waals surface area contributed by atoms with E-state index in [0.29, 0.717) is 16.6 Å². The van der Waals surface area contributed by atoms with Crippen LogP contribution in [-0.2, 0) is 11.3 Å². The highest BCUT2D eigenvalue weighted by Gasteiger charge is 2.09. The topological polar surface area (TPSA) is 29.5 Å². The average molecular weight is 350 g/mol. The second kappa shape index (κ2) is 8.04. The fourth-order valence-corrected chi connectivity index (χ4v) is 2.46. The first kappa shape index (κ1) is 17.4. The molecule has 0 aromatic heterocycles. The molecule has 0 saturated heterocycles. The van der Waals surface area contributed by atoms with Gasteiger partial charge in [0.2, 0.25) is 5.91 Å². The highest BCUT2D eigenvalue weighted by Crippen LogP contribution is 2.22. The monoisotopic (exact) mass is 349 g/mol. The molecule has 2 rings (SSSR count). The molecule has 0 aliphatic carbocycles. The number of methoxy groups -OCH3 is 1. The summed E-state index contributed by atoms with van der Waals surface area (Å²) in [7, 11) is 3.34. The molecule has 0 saturated carbocycles. The van der Waals surface area contributed by atoms with Gasteiger partial charge >= 0.3 is 0 Å². The molecular weight excluding hydrogens is 333 g/mol. The number of ether oxygens (including phenoxy) is 1. The van der Waals surface area contributed by atoms with Crippen LogP contribution in [0, 0.1) is 0 Å². The van der Waals surface area contributed by atoms with Crippen molar-refractivity contribution < 1.29 is 9.53 Å². The van der Waals surface area contributed by atoms with Crippen LogP contribution in [0.15, 0.2) is 48.5 Å². The Labute approximate surface area is 146 Å². The molecule has 0 N–H and O–H groups in total. The molecular formula is C18H17Cl2NO2. The SMILES string of the molecule is COc1ccc(/C=C/C(=O)N(C)Cc2ccc(Cl)cc2Cl)cc1. The lowest BCUT2D eigenvalue weighted by Gasteiger charge is -2.16. The smallest absolute Gasteiger partial charge is 0.246 e. The quantitative estimate of drug-likeness (QED) is 0.733. The molecule has 3 nitrogen and oxygen atoms in total. The second-order valence-corrected chi connectivity index (χ2v) is 5.88. The molecule has 0 bridgehead atoms. The molecule has 0 radical (unpaired) electrons. The van der Waals surface area contributed by atoms with Gasteiger partial charge in [-0.2, -0.15) is 0 Å². The van der Waals surface area contributed by atoms with Gasteiger partial charge in [-0.1, -0.05) is 41.4 Å². The van der Waals surface area contributed by atoms with Gasteiger partial charge in [-0.05, 0) is 41.5 Å². The molecule has 2 aromatic carbocycles. The van der Waals surface area contributed by atoms with E-state index in [4.69, 9.17) is 27.9 Å². The third-order valence-corrected chi connectivity index (χ3v) is 3.92. The Balaban J connectivity index is 1.99. The van der Waals surface area contributed by atoms with Crippen LogP contribution in [-0.4, -0.2) is 25.0 Å². The third-order valence-electron chi connectivity index (χ3n) is 3.33. The van der Waals surface area contributed by atoms with E-state index in [1.807, 2.05) is 30.3 Å². The zero-order valence-electron chi connectivity index (χ0n) is 12.9. The third kappa shape index (κ3) is 5.02. The summed E-state index contributed by atoms with van der Waals surface area (Å²) < 4.78 is 5.10. The number of carbonyl (C=O) groups is 1. The summed E-state index contributed by atoms with van der Waals surface area (Å²) >= 11 is 12.0. The molecule has 0 fully saturated rings. The minimum absolute atomic E-state index is 0.105.